The highest BCUT2D eigenvalue weighted by atomic mass is 35.5. The number of hydrogen-bond acceptors (Lipinski definition) is 2. The summed E-state index contributed by atoms with van der Waals surface area (Å²) in [6, 6.07) is 26.2. The first-order valence-corrected chi connectivity index (χ1v) is 11.9. The molecule has 1 aliphatic heterocycles. The van der Waals surface area contributed by atoms with Crippen LogP contribution in [-0.4, -0.2) is 28.8 Å². The number of nitrogens with zero attached hydrogens (tertiary/aromatic N) is 2. The molecule has 1 saturated heterocycles. The van der Waals surface area contributed by atoms with Crippen molar-refractivity contribution in [3.63, 3.8) is 0 Å². The summed E-state index contributed by atoms with van der Waals surface area (Å²) in [6.07, 6.45) is 1.94. The number of amides is 1. The van der Waals surface area contributed by atoms with Gasteiger partial charge in [0.25, 0.3) is 0 Å². The third kappa shape index (κ3) is 6.13. The average Bonchev–Trinajstić information content (AvgIpc) is 2.82. The van der Waals surface area contributed by atoms with Gasteiger partial charge in [-0.25, -0.2) is 0 Å². The zero-order valence-corrected chi connectivity index (χ0v) is 19.6. The largest absolute Gasteiger partial charge is 0.334 e. The predicted molar refractivity (Wildman–Crippen MR) is 132 cm³/mol. The van der Waals surface area contributed by atoms with E-state index in [1.807, 2.05) is 59.5 Å². The molecule has 166 valence electrons. The number of carbonyl (C=O) groups excluding carboxylic acids is 1. The molecule has 0 N–H and O–H groups in total. The quantitative estimate of drug-likeness (QED) is 0.400. The Morgan fingerprint density at radius 2 is 1.47 bits per heavy atom. The van der Waals surface area contributed by atoms with Gasteiger partial charge < -0.3 is 4.90 Å². The lowest BCUT2D eigenvalue weighted by molar-refractivity contribution is -0.138. The number of hydrogen-bond donors (Lipinski definition) is 0. The van der Waals surface area contributed by atoms with Crippen molar-refractivity contribution in [2.45, 2.75) is 32.5 Å². The Bertz CT molecular complexity index is 985. The van der Waals surface area contributed by atoms with Crippen LogP contribution in [0, 0.1) is 5.92 Å². The zero-order chi connectivity index (χ0) is 22.3. The summed E-state index contributed by atoms with van der Waals surface area (Å²) in [5.74, 6) is 0.232. The Morgan fingerprint density at radius 1 is 0.844 bits per heavy atom. The summed E-state index contributed by atoms with van der Waals surface area (Å²) in [6.45, 7) is 3.77. The lowest BCUT2D eigenvalue weighted by Crippen LogP contribution is -2.44. The number of benzene rings is 3. The first-order valence-electron chi connectivity index (χ1n) is 11.1. The molecule has 1 amide bonds. The number of carbonyl (C=O) groups is 1. The minimum Gasteiger partial charge on any atom is -0.334 e. The molecule has 0 saturated carbocycles. The van der Waals surface area contributed by atoms with Crippen LogP contribution in [0.4, 0.5) is 0 Å². The Balaban J connectivity index is 1.46. The summed E-state index contributed by atoms with van der Waals surface area (Å²) in [7, 11) is 0. The fourth-order valence-electron chi connectivity index (χ4n) is 4.37. The molecule has 0 aromatic heterocycles. The molecular weight excluding hydrogens is 439 g/mol. The smallest absolute Gasteiger partial charge is 0.227 e. The molecule has 0 spiro atoms. The van der Waals surface area contributed by atoms with E-state index in [0.29, 0.717) is 23.1 Å². The van der Waals surface area contributed by atoms with Crippen LogP contribution in [0.15, 0.2) is 78.9 Å². The van der Waals surface area contributed by atoms with E-state index in [4.69, 9.17) is 23.2 Å². The molecule has 3 aromatic carbocycles. The fraction of sp³-hybridized carbons (Fsp3) is 0.296. The summed E-state index contributed by atoms with van der Waals surface area (Å²) < 4.78 is 0. The van der Waals surface area contributed by atoms with Crippen LogP contribution in [0.25, 0.3) is 0 Å². The molecule has 1 unspecified atom stereocenters. The summed E-state index contributed by atoms with van der Waals surface area (Å²) in [5.41, 5.74) is 3.43. The van der Waals surface area contributed by atoms with Gasteiger partial charge in [-0.1, -0.05) is 89.9 Å². The van der Waals surface area contributed by atoms with Crippen LogP contribution in [0.1, 0.15) is 29.5 Å². The molecular formula is C27H28Cl2N2O. The van der Waals surface area contributed by atoms with Crippen LogP contribution < -0.4 is 0 Å². The van der Waals surface area contributed by atoms with E-state index >= 15 is 0 Å². The van der Waals surface area contributed by atoms with Crippen LogP contribution in [0.3, 0.4) is 0 Å². The van der Waals surface area contributed by atoms with Crippen molar-refractivity contribution in [2.75, 3.05) is 13.1 Å². The highest BCUT2D eigenvalue weighted by Gasteiger charge is 2.29. The summed E-state index contributed by atoms with van der Waals surface area (Å²) in [5, 5.41) is 1.14. The molecule has 0 radical (unpaired) electrons. The van der Waals surface area contributed by atoms with Crippen molar-refractivity contribution in [3.8, 4) is 0 Å². The fourth-order valence-corrected chi connectivity index (χ4v) is 4.70. The first-order chi connectivity index (χ1) is 15.6. The minimum atomic E-state index is -0.000975. The maximum absolute atomic E-state index is 13.7. The predicted octanol–water partition coefficient (Wildman–Crippen LogP) is 6.43. The van der Waals surface area contributed by atoms with Gasteiger partial charge in [-0.3, -0.25) is 9.69 Å². The van der Waals surface area contributed by atoms with Crippen molar-refractivity contribution >= 4 is 29.1 Å². The number of halogens is 2. The Kier molecular flexibility index (Phi) is 7.85. The lowest BCUT2D eigenvalue weighted by atomic mass is 9.95. The molecule has 1 heterocycles. The van der Waals surface area contributed by atoms with Gasteiger partial charge in [-0.15, -0.1) is 0 Å². The van der Waals surface area contributed by atoms with Gasteiger partial charge in [-0.05, 0) is 48.2 Å². The minimum absolute atomic E-state index is 0.000975. The maximum Gasteiger partial charge on any atom is 0.227 e. The van der Waals surface area contributed by atoms with E-state index in [1.54, 1.807) is 0 Å². The summed E-state index contributed by atoms with van der Waals surface area (Å²) >= 11 is 12.3. The van der Waals surface area contributed by atoms with Gasteiger partial charge in [0, 0.05) is 26.2 Å². The van der Waals surface area contributed by atoms with Gasteiger partial charge >= 0.3 is 0 Å². The normalized spacial score (nSPS) is 16.6. The molecule has 0 bridgehead atoms. The van der Waals surface area contributed by atoms with Crippen molar-refractivity contribution in [2.24, 2.45) is 5.92 Å². The van der Waals surface area contributed by atoms with Gasteiger partial charge in [0.1, 0.15) is 0 Å². The van der Waals surface area contributed by atoms with Gasteiger partial charge in [0.05, 0.1) is 16.0 Å². The van der Waals surface area contributed by atoms with Crippen LogP contribution in [0.2, 0.25) is 10.0 Å². The van der Waals surface area contributed by atoms with Gasteiger partial charge in [0.2, 0.25) is 5.91 Å². The molecule has 5 heteroatoms. The molecule has 1 fully saturated rings. The topological polar surface area (TPSA) is 23.6 Å². The molecule has 0 aliphatic carbocycles. The monoisotopic (exact) mass is 466 g/mol. The SMILES string of the molecule is O=C(C1CCCN(Cc2ccc(Cl)c(Cl)c2)C1)N(Cc1ccccc1)Cc1ccccc1. The van der Waals surface area contributed by atoms with E-state index < -0.39 is 0 Å². The number of likely N-dealkylation sites (tertiary alicyclic amines) is 1. The Hall–Kier alpha value is -2.33. The Labute approximate surface area is 200 Å². The highest BCUT2D eigenvalue weighted by molar-refractivity contribution is 6.42. The van der Waals surface area contributed by atoms with E-state index in [0.717, 1.165) is 49.2 Å². The number of piperidine rings is 1. The van der Waals surface area contributed by atoms with E-state index in [-0.39, 0.29) is 11.8 Å². The second-order valence-electron chi connectivity index (χ2n) is 8.49. The standard InChI is InChI=1S/C27H28Cl2N2O/c28-25-14-13-23(16-26(25)29)17-30-15-7-12-24(20-30)27(32)31(18-21-8-3-1-4-9-21)19-22-10-5-2-6-11-22/h1-6,8-11,13-14,16,24H,7,12,15,17-20H2. The third-order valence-corrected chi connectivity index (χ3v) is 6.73. The third-order valence-electron chi connectivity index (χ3n) is 5.99. The average molecular weight is 467 g/mol. The van der Waals surface area contributed by atoms with Crippen LogP contribution in [0.5, 0.6) is 0 Å². The molecule has 3 nitrogen and oxygen atoms in total. The van der Waals surface area contributed by atoms with E-state index in [1.165, 1.54) is 0 Å². The lowest BCUT2D eigenvalue weighted by Gasteiger charge is -2.35. The highest BCUT2D eigenvalue weighted by Crippen LogP contribution is 2.26. The zero-order valence-electron chi connectivity index (χ0n) is 18.1. The Morgan fingerprint density at radius 3 is 2.06 bits per heavy atom. The van der Waals surface area contributed by atoms with Crippen molar-refractivity contribution < 1.29 is 4.79 Å². The van der Waals surface area contributed by atoms with Crippen molar-refractivity contribution in [3.05, 3.63) is 106 Å². The molecule has 3 aromatic rings. The van der Waals surface area contributed by atoms with Crippen LogP contribution in [-0.2, 0) is 24.4 Å². The van der Waals surface area contributed by atoms with Crippen molar-refractivity contribution in [1.82, 2.24) is 9.80 Å². The van der Waals surface area contributed by atoms with Gasteiger partial charge in [0.15, 0.2) is 0 Å². The number of rotatable bonds is 7. The molecule has 1 aliphatic rings. The van der Waals surface area contributed by atoms with Crippen LogP contribution >= 0.6 is 23.2 Å². The molecule has 1 atom stereocenters. The molecule has 32 heavy (non-hydrogen) atoms. The molecule has 4 rings (SSSR count). The summed E-state index contributed by atoms with van der Waals surface area (Å²) in [4.78, 5) is 18.0. The van der Waals surface area contributed by atoms with E-state index in [2.05, 4.69) is 29.2 Å². The van der Waals surface area contributed by atoms with Gasteiger partial charge in [-0.2, -0.15) is 0 Å². The second-order valence-corrected chi connectivity index (χ2v) is 9.30. The maximum atomic E-state index is 13.7. The second kappa shape index (κ2) is 11.0. The van der Waals surface area contributed by atoms with Crippen molar-refractivity contribution in [1.29, 1.82) is 0 Å². The first kappa shape index (κ1) is 22.8. The van der Waals surface area contributed by atoms with E-state index in [9.17, 15) is 4.79 Å².